The molecule has 3 heteroatoms. The molecule has 1 saturated heterocycles. The monoisotopic (exact) mass is 238 g/mol. The first-order chi connectivity index (χ1) is 8.34. The number of nitrogens with one attached hydrogen (secondary N) is 1. The van der Waals surface area contributed by atoms with Crippen LogP contribution in [0.4, 0.5) is 0 Å². The second-order valence-corrected chi connectivity index (χ2v) is 5.55. The minimum atomic E-state index is 0.266. The predicted octanol–water partition coefficient (Wildman–Crippen LogP) is 2.31. The van der Waals surface area contributed by atoms with Gasteiger partial charge >= 0.3 is 0 Å². The van der Waals surface area contributed by atoms with Gasteiger partial charge in [0.1, 0.15) is 0 Å². The molecule has 0 radical (unpaired) electrons. The molecule has 0 bridgehead atoms. The standard InChI is InChI=1S/C14H26N2O/c17-14(15-13-7-3-1-4-8-13)9-12-16-10-5-2-6-11-16/h13H,1-12H2,(H,15,17). The molecule has 0 atom stereocenters. The zero-order chi connectivity index (χ0) is 11.9. The van der Waals surface area contributed by atoms with Gasteiger partial charge in [-0.3, -0.25) is 4.79 Å². The number of rotatable bonds is 4. The van der Waals surface area contributed by atoms with Gasteiger partial charge in [0.05, 0.1) is 0 Å². The molecule has 17 heavy (non-hydrogen) atoms. The van der Waals surface area contributed by atoms with Crippen molar-refractivity contribution in [1.82, 2.24) is 10.2 Å². The number of carbonyl (C=O) groups is 1. The molecule has 0 unspecified atom stereocenters. The molecular weight excluding hydrogens is 212 g/mol. The van der Waals surface area contributed by atoms with Crippen molar-refractivity contribution < 1.29 is 4.79 Å². The van der Waals surface area contributed by atoms with E-state index in [-0.39, 0.29) is 5.91 Å². The number of hydrogen-bond donors (Lipinski definition) is 1. The maximum absolute atomic E-state index is 11.8. The van der Waals surface area contributed by atoms with Gasteiger partial charge in [0.25, 0.3) is 0 Å². The van der Waals surface area contributed by atoms with E-state index < -0.39 is 0 Å². The van der Waals surface area contributed by atoms with Crippen LogP contribution in [0.5, 0.6) is 0 Å². The van der Waals surface area contributed by atoms with Gasteiger partial charge in [0.2, 0.25) is 5.91 Å². The molecule has 2 rings (SSSR count). The Bertz CT molecular complexity index is 230. The first-order valence-corrected chi connectivity index (χ1v) is 7.36. The van der Waals surface area contributed by atoms with Gasteiger partial charge in [-0.25, -0.2) is 0 Å². The fourth-order valence-electron chi connectivity index (χ4n) is 2.99. The van der Waals surface area contributed by atoms with Crippen molar-refractivity contribution in [2.75, 3.05) is 19.6 Å². The van der Waals surface area contributed by atoms with E-state index in [2.05, 4.69) is 10.2 Å². The highest BCUT2D eigenvalue weighted by atomic mass is 16.1. The van der Waals surface area contributed by atoms with Crippen LogP contribution in [0.25, 0.3) is 0 Å². The van der Waals surface area contributed by atoms with Crippen LogP contribution in [0.15, 0.2) is 0 Å². The molecule has 1 saturated carbocycles. The lowest BCUT2D eigenvalue weighted by atomic mass is 9.95. The number of piperidine rings is 1. The molecule has 1 heterocycles. The molecule has 98 valence electrons. The first kappa shape index (κ1) is 12.9. The van der Waals surface area contributed by atoms with Crippen molar-refractivity contribution in [3.05, 3.63) is 0 Å². The van der Waals surface area contributed by atoms with E-state index >= 15 is 0 Å². The summed E-state index contributed by atoms with van der Waals surface area (Å²) in [6.07, 6.45) is 11.0. The number of hydrogen-bond acceptors (Lipinski definition) is 2. The molecule has 1 N–H and O–H groups in total. The van der Waals surface area contributed by atoms with Crippen molar-refractivity contribution in [3.63, 3.8) is 0 Å². The fraction of sp³-hybridized carbons (Fsp3) is 0.929. The van der Waals surface area contributed by atoms with E-state index in [4.69, 9.17) is 0 Å². The van der Waals surface area contributed by atoms with Gasteiger partial charge in [0.15, 0.2) is 0 Å². The lowest BCUT2D eigenvalue weighted by molar-refractivity contribution is -0.122. The molecule has 1 aliphatic carbocycles. The fourth-order valence-corrected chi connectivity index (χ4v) is 2.99. The van der Waals surface area contributed by atoms with E-state index in [1.807, 2.05) is 0 Å². The van der Waals surface area contributed by atoms with Crippen molar-refractivity contribution in [2.24, 2.45) is 0 Å². The highest BCUT2D eigenvalue weighted by Crippen LogP contribution is 2.17. The molecular formula is C14H26N2O. The van der Waals surface area contributed by atoms with Crippen LogP contribution >= 0.6 is 0 Å². The van der Waals surface area contributed by atoms with Gasteiger partial charge in [0, 0.05) is 19.0 Å². The lowest BCUT2D eigenvalue weighted by Crippen LogP contribution is -2.39. The number of nitrogens with zero attached hydrogens (tertiary/aromatic N) is 1. The van der Waals surface area contributed by atoms with Crippen LogP contribution in [0.2, 0.25) is 0 Å². The van der Waals surface area contributed by atoms with Gasteiger partial charge in [-0.15, -0.1) is 0 Å². The molecule has 0 spiro atoms. The molecule has 0 aromatic carbocycles. The molecule has 2 aliphatic rings. The summed E-state index contributed by atoms with van der Waals surface area (Å²) >= 11 is 0. The Balaban J connectivity index is 1.59. The molecule has 3 nitrogen and oxygen atoms in total. The van der Waals surface area contributed by atoms with E-state index in [1.165, 1.54) is 64.5 Å². The smallest absolute Gasteiger partial charge is 0.221 e. The topological polar surface area (TPSA) is 32.3 Å². The molecule has 1 amide bonds. The summed E-state index contributed by atoms with van der Waals surface area (Å²) in [6, 6.07) is 0.470. The van der Waals surface area contributed by atoms with E-state index in [1.54, 1.807) is 0 Å². The molecule has 0 aromatic rings. The summed E-state index contributed by atoms with van der Waals surface area (Å²) < 4.78 is 0. The summed E-state index contributed by atoms with van der Waals surface area (Å²) in [5.74, 6) is 0.266. The van der Waals surface area contributed by atoms with Crippen LogP contribution in [0.3, 0.4) is 0 Å². The maximum Gasteiger partial charge on any atom is 0.221 e. The molecule has 1 aliphatic heterocycles. The van der Waals surface area contributed by atoms with Crippen LogP contribution in [0.1, 0.15) is 57.8 Å². The normalized spacial score (nSPS) is 23.5. The van der Waals surface area contributed by atoms with Crippen LogP contribution < -0.4 is 5.32 Å². The number of amides is 1. The SMILES string of the molecule is O=C(CCN1CCCCC1)NC1CCCCC1. The number of carbonyl (C=O) groups excluding carboxylic acids is 1. The van der Waals surface area contributed by atoms with Gasteiger partial charge in [-0.2, -0.15) is 0 Å². The second-order valence-electron chi connectivity index (χ2n) is 5.55. The summed E-state index contributed by atoms with van der Waals surface area (Å²) in [5.41, 5.74) is 0. The third-order valence-electron chi connectivity index (χ3n) is 4.07. The Morgan fingerprint density at radius 1 is 1.00 bits per heavy atom. The average Bonchev–Trinajstić information content (AvgIpc) is 2.39. The predicted molar refractivity (Wildman–Crippen MR) is 69.9 cm³/mol. The summed E-state index contributed by atoms with van der Waals surface area (Å²) in [7, 11) is 0. The average molecular weight is 238 g/mol. The Kier molecular flexibility index (Phi) is 5.30. The third kappa shape index (κ3) is 4.66. The zero-order valence-corrected chi connectivity index (χ0v) is 10.9. The first-order valence-electron chi connectivity index (χ1n) is 7.36. The lowest BCUT2D eigenvalue weighted by Gasteiger charge is -2.27. The third-order valence-corrected chi connectivity index (χ3v) is 4.07. The Morgan fingerprint density at radius 2 is 1.65 bits per heavy atom. The van der Waals surface area contributed by atoms with Crippen molar-refractivity contribution in [2.45, 2.75) is 63.8 Å². The molecule has 2 fully saturated rings. The van der Waals surface area contributed by atoms with Gasteiger partial charge < -0.3 is 10.2 Å². The van der Waals surface area contributed by atoms with Crippen LogP contribution in [0, 0.1) is 0 Å². The van der Waals surface area contributed by atoms with Gasteiger partial charge in [-0.05, 0) is 38.8 Å². The van der Waals surface area contributed by atoms with Crippen LogP contribution in [-0.2, 0) is 4.79 Å². The van der Waals surface area contributed by atoms with Gasteiger partial charge in [-0.1, -0.05) is 25.7 Å². The van der Waals surface area contributed by atoms with Crippen LogP contribution in [-0.4, -0.2) is 36.5 Å². The quantitative estimate of drug-likeness (QED) is 0.815. The maximum atomic E-state index is 11.8. The summed E-state index contributed by atoms with van der Waals surface area (Å²) in [6.45, 7) is 3.34. The van der Waals surface area contributed by atoms with Crippen molar-refractivity contribution >= 4 is 5.91 Å². The number of likely N-dealkylation sites (tertiary alicyclic amines) is 1. The Morgan fingerprint density at radius 3 is 2.35 bits per heavy atom. The highest BCUT2D eigenvalue weighted by Gasteiger charge is 2.16. The van der Waals surface area contributed by atoms with E-state index in [9.17, 15) is 4.79 Å². The summed E-state index contributed by atoms with van der Waals surface area (Å²) in [4.78, 5) is 14.3. The highest BCUT2D eigenvalue weighted by molar-refractivity contribution is 5.76. The second kappa shape index (κ2) is 7.00. The largest absolute Gasteiger partial charge is 0.353 e. The van der Waals surface area contributed by atoms with E-state index in [0.717, 1.165) is 6.54 Å². The van der Waals surface area contributed by atoms with Crippen molar-refractivity contribution in [3.8, 4) is 0 Å². The minimum Gasteiger partial charge on any atom is -0.353 e. The Hall–Kier alpha value is -0.570. The zero-order valence-electron chi connectivity index (χ0n) is 10.9. The summed E-state index contributed by atoms with van der Waals surface area (Å²) in [5, 5.41) is 3.19. The molecule has 0 aromatic heterocycles. The van der Waals surface area contributed by atoms with Crippen molar-refractivity contribution in [1.29, 1.82) is 0 Å². The Labute approximate surface area is 105 Å². The van der Waals surface area contributed by atoms with E-state index in [0.29, 0.717) is 12.5 Å². The minimum absolute atomic E-state index is 0.266.